The summed E-state index contributed by atoms with van der Waals surface area (Å²) in [7, 11) is -8.45. The number of hydrogen-bond donors (Lipinski definition) is 4. The van der Waals surface area contributed by atoms with Crippen LogP contribution in [0.4, 0.5) is 0 Å². The predicted octanol–water partition coefficient (Wildman–Crippen LogP) is -2.35. The molecule has 0 amide bonds. The Morgan fingerprint density at radius 3 is 1.35 bits per heavy atom. The predicted molar refractivity (Wildman–Crippen MR) is 72.4 cm³/mol. The van der Waals surface area contributed by atoms with E-state index in [1.807, 2.05) is 0 Å². The van der Waals surface area contributed by atoms with Gasteiger partial charge in [-0.2, -0.15) is 0 Å². The highest BCUT2D eigenvalue weighted by atomic mass is 32.3. The summed E-state index contributed by atoms with van der Waals surface area (Å²) in [6.45, 7) is 3.52. The summed E-state index contributed by atoms with van der Waals surface area (Å²) >= 11 is 0. The average molecular weight is 334 g/mol. The third-order valence-corrected chi connectivity index (χ3v) is 8.33. The van der Waals surface area contributed by atoms with Crippen molar-refractivity contribution in [3.05, 3.63) is 0 Å². The largest absolute Gasteiger partial charge is 0.391 e. The van der Waals surface area contributed by atoms with Gasteiger partial charge in [0.15, 0.2) is 24.3 Å². The third-order valence-electron chi connectivity index (χ3n) is 2.99. The molecule has 0 fully saturated rings. The van der Waals surface area contributed by atoms with Crippen LogP contribution < -0.4 is 0 Å². The van der Waals surface area contributed by atoms with Crippen LogP contribution in [0.5, 0.6) is 0 Å². The Morgan fingerprint density at radius 2 is 1.10 bits per heavy atom. The van der Waals surface area contributed by atoms with Crippen LogP contribution in [0, 0.1) is 0 Å². The second-order valence-corrected chi connectivity index (χ2v) is 9.60. The molecule has 0 aromatic rings. The maximum absolute atomic E-state index is 11.8. The first kappa shape index (κ1) is 19.7. The van der Waals surface area contributed by atoms with Crippen LogP contribution in [0.3, 0.4) is 0 Å². The summed E-state index contributed by atoms with van der Waals surface area (Å²) in [5.74, 6) is -1.10. The first-order chi connectivity index (χ1) is 8.92. The second kappa shape index (κ2) is 7.14. The standard InChI is InChI=1S/C10H22O8S2/c1-4-19(15,16)10(20(17,18)5-2)9(14)8(13)7(12)6(3)11/h6-14H,4-5H2,1-3H3/t6-,7-,8+,9-/m0/s1. The molecule has 0 radical (unpaired) electrons. The Kier molecular flexibility index (Phi) is 7.05. The van der Waals surface area contributed by atoms with Crippen molar-refractivity contribution in [2.45, 2.75) is 49.8 Å². The van der Waals surface area contributed by atoms with E-state index >= 15 is 0 Å². The Balaban J connectivity index is 5.70. The van der Waals surface area contributed by atoms with Gasteiger partial charge in [-0.25, -0.2) is 16.8 Å². The summed E-state index contributed by atoms with van der Waals surface area (Å²) in [6, 6.07) is 0. The second-order valence-electron chi connectivity index (χ2n) is 4.48. The Morgan fingerprint density at radius 1 is 0.750 bits per heavy atom. The fourth-order valence-corrected chi connectivity index (χ4v) is 6.06. The molecule has 0 bridgehead atoms. The number of rotatable bonds is 8. The van der Waals surface area contributed by atoms with E-state index in [0.29, 0.717) is 0 Å². The van der Waals surface area contributed by atoms with Gasteiger partial charge < -0.3 is 20.4 Å². The van der Waals surface area contributed by atoms with Gasteiger partial charge >= 0.3 is 0 Å². The van der Waals surface area contributed by atoms with E-state index in [9.17, 15) is 32.2 Å². The van der Waals surface area contributed by atoms with Crippen LogP contribution in [-0.4, -0.2) is 77.8 Å². The molecular formula is C10H22O8S2. The minimum atomic E-state index is -4.22. The van der Waals surface area contributed by atoms with Gasteiger partial charge in [-0.05, 0) is 6.92 Å². The van der Waals surface area contributed by atoms with Crippen LogP contribution in [0.25, 0.3) is 0 Å². The van der Waals surface area contributed by atoms with E-state index in [1.165, 1.54) is 13.8 Å². The molecule has 0 aliphatic rings. The van der Waals surface area contributed by atoms with Gasteiger partial charge in [0.05, 0.1) is 6.10 Å². The van der Waals surface area contributed by atoms with Crippen molar-refractivity contribution < 1.29 is 37.3 Å². The van der Waals surface area contributed by atoms with Crippen molar-refractivity contribution >= 4 is 19.7 Å². The summed E-state index contributed by atoms with van der Waals surface area (Å²) in [5, 5.41) is 38.1. The lowest BCUT2D eigenvalue weighted by Gasteiger charge is -2.29. The number of hydrogen-bond acceptors (Lipinski definition) is 8. The zero-order valence-electron chi connectivity index (χ0n) is 11.5. The fraction of sp³-hybridized carbons (Fsp3) is 1.00. The van der Waals surface area contributed by atoms with Crippen LogP contribution in [0.1, 0.15) is 20.8 Å². The van der Waals surface area contributed by atoms with E-state index in [0.717, 1.165) is 6.92 Å². The van der Waals surface area contributed by atoms with Crippen molar-refractivity contribution in [1.29, 1.82) is 0 Å². The van der Waals surface area contributed by atoms with Gasteiger partial charge in [0.1, 0.15) is 18.3 Å². The molecule has 0 unspecified atom stereocenters. The van der Waals surface area contributed by atoms with E-state index in [4.69, 9.17) is 5.11 Å². The number of sulfone groups is 2. The summed E-state index contributed by atoms with van der Waals surface area (Å²) in [6.07, 6.45) is -7.70. The quantitative estimate of drug-likeness (QED) is 0.385. The molecule has 0 spiro atoms. The van der Waals surface area contributed by atoms with E-state index < -0.39 is 60.2 Å². The van der Waals surface area contributed by atoms with Crippen molar-refractivity contribution in [1.82, 2.24) is 0 Å². The Bertz CT molecular complexity index is 461. The SMILES string of the molecule is CCS(=O)(=O)C([C@@H](O)[C@H](O)[C@@H](O)[C@H](C)O)S(=O)(=O)CC. The van der Waals surface area contributed by atoms with Gasteiger partial charge in [0.25, 0.3) is 0 Å². The number of aliphatic hydroxyl groups excluding tert-OH is 4. The average Bonchev–Trinajstić information content (AvgIpc) is 2.36. The smallest absolute Gasteiger partial charge is 0.191 e. The molecule has 8 nitrogen and oxygen atoms in total. The highest BCUT2D eigenvalue weighted by Gasteiger charge is 2.46. The Hall–Kier alpha value is -0.260. The van der Waals surface area contributed by atoms with Crippen molar-refractivity contribution in [3.63, 3.8) is 0 Å². The molecule has 0 saturated heterocycles. The minimum absolute atomic E-state index is 0.550. The molecule has 4 atom stereocenters. The molecule has 0 rings (SSSR count). The van der Waals surface area contributed by atoms with Gasteiger partial charge in [-0.3, -0.25) is 0 Å². The first-order valence-electron chi connectivity index (χ1n) is 6.07. The maximum Gasteiger partial charge on any atom is 0.191 e. The highest BCUT2D eigenvalue weighted by molar-refractivity contribution is 8.09. The third kappa shape index (κ3) is 4.37. The molecule has 0 heterocycles. The summed E-state index contributed by atoms with van der Waals surface area (Å²) in [4.78, 5) is 0. The zero-order chi connectivity index (χ0) is 16.3. The highest BCUT2D eigenvalue weighted by Crippen LogP contribution is 2.21. The molecule has 4 N–H and O–H groups in total. The van der Waals surface area contributed by atoms with Crippen LogP contribution in [0.15, 0.2) is 0 Å². The number of aliphatic hydroxyl groups is 4. The molecule has 0 aromatic heterocycles. The van der Waals surface area contributed by atoms with Crippen molar-refractivity contribution in [2.24, 2.45) is 0 Å². The minimum Gasteiger partial charge on any atom is -0.391 e. The van der Waals surface area contributed by atoms with Crippen molar-refractivity contribution in [3.8, 4) is 0 Å². The zero-order valence-corrected chi connectivity index (χ0v) is 13.2. The van der Waals surface area contributed by atoms with E-state index in [2.05, 4.69) is 0 Å². The van der Waals surface area contributed by atoms with Crippen molar-refractivity contribution in [2.75, 3.05) is 11.5 Å². The molecule has 0 aliphatic carbocycles. The van der Waals surface area contributed by atoms with Gasteiger partial charge in [0, 0.05) is 11.5 Å². The lowest BCUT2D eigenvalue weighted by Crippen LogP contribution is -2.53. The van der Waals surface area contributed by atoms with Crippen LogP contribution in [-0.2, 0) is 19.7 Å². The monoisotopic (exact) mass is 334 g/mol. The topological polar surface area (TPSA) is 149 Å². The summed E-state index contributed by atoms with van der Waals surface area (Å²) in [5.41, 5.74) is 0. The molecule has 122 valence electrons. The lowest BCUT2D eigenvalue weighted by atomic mass is 10.1. The first-order valence-corrected chi connectivity index (χ1v) is 9.50. The molecule has 20 heavy (non-hydrogen) atoms. The summed E-state index contributed by atoms with van der Waals surface area (Å²) < 4.78 is 45.2. The molecule has 0 aromatic carbocycles. The van der Waals surface area contributed by atoms with Crippen LogP contribution in [0.2, 0.25) is 0 Å². The lowest BCUT2D eigenvalue weighted by molar-refractivity contribution is -0.0960. The maximum atomic E-state index is 11.8. The molecular weight excluding hydrogens is 312 g/mol. The molecule has 10 heteroatoms. The van der Waals surface area contributed by atoms with Gasteiger partial charge in [0.2, 0.25) is 0 Å². The van der Waals surface area contributed by atoms with E-state index in [1.54, 1.807) is 0 Å². The normalized spacial score (nSPS) is 19.6. The Labute approximate surface area is 118 Å². The molecule has 0 aliphatic heterocycles. The van der Waals surface area contributed by atoms with Gasteiger partial charge in [-0.1, -0.05) is 13.8 Å². The molecule has 0 saturated carbocycles. The fourth-order valence-electron chi connectivity index (χ4n) is 1.63. The van der Waals surface area contributed by atoms with Gasteiger partial charge in [-0.15, -0.1) is 0 Å². The van der Waals surface area contributed by atoms with Crippen LogP contribution >= 0.6 is 0 Å². The van der Waals surface area contributed by atoms with E-state index in [-0.39, 0.29) is 0 Å².